The molecule has 2 N–H and O–H groups in total. The van der Waals surface area contributed by atoms with E-state index >= 15 is 0 Å². The largest absolute Gasteiger partial charge is 0.484 e. The van der Waals surface area contributed by atoms with Crippen LogP contribution in [0.3, 0.4) is 0 Å². The summed E-state index contributed by atoms with van der Waals surface area (Å²) in [5, 5.41) is 11.4. The maximum absolute atomic E-state index is 11.5. The van der Waals surface area contributed by atoms with Gasteiger partial charge in [0.15, 0.2) is 6.61 Å². The number of benzene rings is 1. The Labute approximate surface area is 117 Å². The summed E-state index contributed by atoms with van der Waals surface area (Å²) in [5.41, 5.74) is 0.683. The van der Waals surface area contributed by atoms with Crippen molar-refractivity contribution in [1.82, 2.24) is 5.32 Å². The van der Waals surface area contributed by atoms with Gasteiger partial charge in [0.1, 0.15) is 5.75 Å². The summed E-state index contributed by atoms with van der Waals surface area (Å²) in [4.78, 5) is 22.1. The quantitative estimate of drug-likeness (QED) is 0.737. The van der Waals surface area contributed by atoms with Crippen LogP contribution < -0.4 is 10.1 Å². The number of nitrogens with one attached hydrogen (secondary N) is 1. The number of aliphatic carboxylic acids is 1. The molecule has 1 unspecified atom stereocenters. The Bertz CT molecular complexity index is 443. The molecule has 1 rings (SSSR count). The van der Waals surface area contributed by atoms with E-state index in [0.29, 0.717) is 17.9 Å². The van der Waals surface area contributed by atoms with Crippen LogP contribution in [0.25, 0.3) is 0 Å². The second kappa shape index (κ2) is 8.16. The van der Waals surface area contributed by atoms with Crippen LogP contribution in [-0.4, -0.2) is 43.3 Å². The zero-order chi connectivity index (χ0) is 15.0. The SMILES string of the molecule is COCC(C)NC(=O)COc1ccc(CC(=O)O)cc1. The monoisotopic (exact) mass is 281 g/mol. The lowest BCUT2D eigenvalue weighted by Gasteiger charge is -2.13. The molecule has 0 aliphatic heterocycles. The van der Waals surface area contributed by atoms with Crippen LogP contribution in [0.1, 0.15) is 12.5 Å². The van der Waals surface area contributed by atoms with Crippen LogP contribution in [-0.2, 0) is 20.7 Å². The van der Waals surface area contributed by atoms with Crippen molar-refractivity contribution in [1.29, 1.82) is 0 Å². The van der Waals surface area contributed by atoms with Gasteiger partial charge >= 0.3 is 5.97 Å². The number of ether oxygens (including phenoxy) is 2. The first-order valence-electron chi connectivity index (χ1n) is 6.23. The van der Waals surface area contributed by atoms with Crippen molar-refractivity contribution >= 4 is 11.9 Å². The van der Waals surface area contributed by atoms with Crippen LogP contribution in [0.15, 0.2) is 24.3 Å². The molecule has 0 saturated heterocycles. The van der Waals surface area contributed by atoms with Gasteiger partial charge in [-0.15, -0.1) is 0 Å². The summed E-state index contributed by atoms with van der Waals surface area (Å²) in [7, 11) is 1.57. The Balaban J connectivity index is 2.38. The third-order valence-corrected chi connectivity index (χ3v) is 2.47. The molecule has 0 fully saturated rings. The van der Waals surface area contributed by atoms with Gasteiger partial charge in [-0.1, -0.05) is 12.1 Å². The van der Waals surface area contributed by atoms with Crippen molar-refractivity contribution in [2.45, 2.75) is 19.4 Å². The molecule has 0 radical (unpaired) electrons. The molecule has 0 saturated carbocycles. The predicted octanol–water partition coefficient (Wildman–Crippen LogP) is 0.844. The molecule has 6 heteroatoms. The number of rotatable bonds is 8. The number of carboxylic acids is 1. The highest BCUT2D eigenvalue weighted by Crippen LogP contribution is 2.12. The van der Waals surface area contributed by atoms with Crippen LogP contribution in [0, 0.1) is 0 Å². The third-order valence-electron chi connectivity index (χ3n) is 2.47. The minimum absolute atomic E-state index is 0.0324. The van der Waals surface area contributed by atoms with Crippen molar-refractivity contribution in [2.24, 2.45) is 0 Å². The van der Waals surface area contributed by atoms with Crippen molar-refractivity contribution in [2.75, 3.05) is 20.3 Å². The minimum Gasteiger partial charge on any atom is -0.484 e. The summed E-state index contributed by atoms with van der Waals surface area (Å²) in [6.45, 7) is 2.18. The molecule has 0 heterocycles. The summed E-state index contributed by atoms with van der Waals surface area (Å²) in [5.74, 6) is -0.594. The van der Waals surface area contributed by atoms with E-state index in [2.05, 4.69) is 5.32 Å². The Hall–Kier alpha value is -2.08. The summed E-state index contributed by atoms with van der Waals surface area (Å²) in [6, 6.07) is 6.53. The van der Waals surface area contributed by atoms with Crippen LogP contribution >= 0.6 is 0 Å². The highest BCUT2D eigenvalue weighted by atomic mass is 16.5. The van der Waals surface area contributed by atoms with E-state index in [-0.39, 0.29) is 25.0 Å². The lowest BCUT2D eigenvalue weighted by molar-refractivity contribution is -0.136. The van der Waals surface area contributed by atoms with E-state index in [1.165, 1.54) is 0 Å². The molecule has 20 heavy (non-hydrogen) atoms. The van der Waals surface area contributed by atoms with Crippen LogP contribution in [0.5, 0.6) is 5.75 Å². The van der Waals surface area contributed by atoms with Gasteiger partial charge in [0, 0.05) is 13.2 Å². The van der Waals surface area contributed by atoms with Crippen LogP contribution in [0.2, 0.25) is 0 Å². The molecule has 0 aliphatic carbocycles. The van der Waals surface area contributed by atoms with E-state index in [0.717, 1.165) is 0 Å². The number of amides is 1. The van der Waals surface area contributed by atoms with Gasteiger partial charge in [-0.3, -0.25) is 9.59 Å². The Morgan fingerprint density at radius 2 is 1.95 bits per heavy atom. The molecule has 0 aromatic heterocycles. The fourth-order valence-electron chi connectivity index (χ4n) is 1.64. The maximum Gasteiger partial charge on any atom is 0.307 e. The minimum atomic E-state index is -0.884. The third kappa shape index (κ3) is 6.19. The first-order chi connectivity index (χ1) is 9.51. The first kappa shape index (κ1) is 16.0. The predicted molar refractivity (Wildman–Crippen MR) is 72.8 cm³/mol. The van der Waals surface area contributed by atoms with E-state index in [1.54, 1.807) is 31.4 Å². The van der Waals surface area contributed by atoms with E-state index in [9.17, 15) is 9.59 Å². The maximum atomic E-state index is 11.5. The number of hydrogen-bond donors (Lipinski definition) is 2. The van der Waals surface area contributed by atoms with E-state index in [1.807, 2.05) is 6.92 Å². The molecule has 1 aromatic rings. The number of hydrogen-bond acceptors (Lipinski definition) is 4. The fraction of sp³-hybridized carbons (Fsp3) is 0.429. The highest BCUT2D eigenvalue weighted by molar-refractivity contribution is 5.77. The Morgan fingerprint density at radius 1 is 1.30 bits per heavy atom. The lowest BCUT2D eigenvalue weighted by Crippen LogP contribution is -2.38. The topological polar surface area (TPSA) is 84.9 Å². The molecule has 0 bridgehead atoms. The van der Waals surface area contributed by atoms with Crippen molar-refractivity contribution in [3.8, 4) is 5.75 Å². The second-order valence-corrected chi connectivity index (χ2v) is 4.43. The Morgan fingerprint density at radius 3 is 2.50 bits per heavy atom. The van der Waals surface area contributed by atoms with Gasteiger partial charge in [0.25, 0.3) is 5.91 Å². The summed E-state index contributed by atoms with van der Waals surface area (Å²) >= 11 is 0. The number of carboxylic acid groups (broad SMARTS) is 1. The number of methoxy groups -OCH3 is 1. The van der Waals surface area contributed by atoms with Gasteiger partial charge in [-0.25, -0.2) is 0 Å². The van der Waals surface area contributed by atoms with E-state index < -0.39 is 5.97 Å². The van der Waals surface area contributed by atoms with Crippen molar-refractivity contribution < 1.29 is 24.2 Å². The molecule has 1 amide bonds. The molecule has 0 aliphatic rings. The lowest BCUT2D eigenvalue weighted by atomic mass is 10.1. The summed E-state index contributed by atoms with van der Waals surface area (Å²) < 4.78 is 10.2. The average molecular weight is 281 g/mol. The first-order valence-corrected chi connectivity index (χ1v) is 6.23. The average Bonchev–Trinajstić information content (AvgIpc) is 2.37. The standard InChI is InChI=1S/C14H19NO5/c1-10(8-19-2)15-13(16)9-20-12-5-3-11(4-6-12)7-14(17)18/h3-6,10H,7-9H2,1-2H3,(H,15,16)(H,17,18). The molecule has 1 aromatic carbocycles. The molecular formula is C14H19NO5. The van der Waals surface area contributed by atoms with Crippen molar-refractivity contribution in [3.63, 3.8) is 0 Å². The zero-order valence-electron chi connectivity index (χ0n) is 11.6. The van der Waals surface area contributed by atoms with E-state index in [4.69, 9.17) is 14.6 Å². The smallest absolute Gasteiger partial charge is 0.307 e. The molecule has 0 spiro atoms. The van der Waals surface area contributed by atoms with Crippen LogP contribution in [0.4, 0.5) is 0 Å². The number of carbonyl (C=O) groups excluding carboxylic acids is 1. The summed E-state index contributed by atoms with van der Waals surface area (Å²) in [6.07, 6.45) is -0.0324. The Kier molecular flexibility index (Phi) is 6.52. The molecular weight excluding hydrogens is 262 g/mol. The number of carbonyl (C=O) groups is 2. The van der Waals surface area contributed by atoms with Gasteiger partial charge in [-0.2, -0.15) is 0 Å². The normalized spacial score (nSPS) is 11.7. The zero-order valence-corrected chi connectivity index (χ0v) is 11.6. The van der Waals surface area contributed by atoms with Gasteiger partial charge in [0.05, 0.1) is 13.0 Å². The molecule has 110 valence electrons. The van der Waals surface area contributed by atoms with Gasteiger partial charge < -0.3 is 19.9 Å². The van der Waals surface area contributed by atoms with Gasteiger partial charge in [0.2, 0.25) is 0 Å². The second-order valence-electron chi connectivity index (χ2n) is 4.43. The fourth-order valence-corrected chi connectivity index (χ4v) is 1.64. The van der Waals surface area contributed by atoms with Crippen molar-refractivity contribution in [3.05, 3.63) is 29.8 Å². The van der Waals surface area contributed by atoms with Gasteiger partial charge in [-0.05, 0) is 24.6 Å². The molecule has 1 atom stereocenters. The highest BCUT2D eigenvalue weighted by Gasteiger charge is 2.08. The molecule has 6 nitrogen and oxygen atoms in total.